The smallest absolute Gasteiger partial charge is 0.330 e. The second-order valence-corrected chi connectivity index (χ2v) is 6.49. The molecule has 0 amide bonds. The monoisotopic (exact) mass is 339 g/mol. The van der Waals surface area contributed by atoms with Crippen LogP contribution in [0.1, 0.15) is 35.6 Å². The third-order valence-corrected chi connectivity index (χ3v) is 4.74. The van der Waals surface area contributed by atoms with Crippen molar-refractivity contribution in [3.63, 3.8) is 0 Å². The zero-order chi connectivity index (χ0) is 17.6. The fourth-order valence-corrected chi connectivity index (χ4v) is 3.41. The van der Waals surface area contributed by atoms with Gasteiger partial charge in [-0.1, -0.05) is 24.3 Å². The summed E-state index contributed by atoms with van der Waals surface area (Å²) in [6.07, 6.45) is 10.7. The number of esters is 1. The van der Waals surface area contributed by atoms with Crippen molar-refractivity contribution < 1.29 is 9.53 Å². The van der Waals surface area contributed by atoms with E-state index in [1.807, 2.05) is 17.9 Å². The number of ether oxygens (including phenoxy) is 1. The van der Waals surface area contributed by atoms with Gasteiger partial charge in [0.25, 0.3) is 0 Å². The van der Waals surface area contributed by atoms with E-state index in [9.17, 15) is 4.79 Å². The van der Waals surface area contributed by atoms with Gasteiger partial charge in [0.1, 0.15) is 0 Å². The van der Waals surface area contributed by atoms with Gasteiger partial charge >= 0.3 is 5.97 Å². The predicted molar refractivity (Wildman–Crippen MR) is 98.0 cm³/mol. The van der Waals surface area contributed by atoms with E-state index < -0.39 is 0 Å². The second kappa shape index (κ2) is 8.12. The number of aryl methyl sites for hydroxylation is 1. The molecule has 1 aliphatic heterocycles. The number of nitrogens with zero attached hydrogens (tertiary/aromatic N) is 3. The van der Waals surface area contributed by atoms with Crippen LogP contribution in [0.4, 0.5) is 0 Å². The largest absolute Gasteiger partial charge is 0.466 e. The van der Waals surface area contributed by atoms with E-state index in [0.29, 0.717) is 6.04 Å². The molecule has 1 aliphatic rings. The van der Waals surface area contributed by atoms with E-state index in [1.165, 1.54) is 37.2 Å². The normalized spacial score (nSPS) is 18.1. The summed E-state index contributed by atoms with van der Waals surface area (Å²) in [4.78, 5) is 13.7. The summed E-state index contributed by atoms with van der Waals surface area (Å²) in [5, 5.41) is 4.24. The van der Waals surface area contributed by atoms with Gasteiger partial charge in [0.05, 0.1) is 13.3 Å². The van der Waals surface area contributed by atoms with Crippen LogP contribution in [0, 0.1) is 0 Å². The summed E-state index contributed by atoms with van der Waals surface area (Å²) in [7, 11) is 3.34. The highest BCUT2D eigenvalue weighted by Crippen LogP contribution is 2.32. The highest BCUT2D eigenvalue weighted by atomic mass is 16.5. The van der Waals surface area contributed by atoms with Crippen molar-refractivity contribution >= 4 is 12.0 Å². The van der Waals surface area contributed by atoms with Gasteiger partial charge < -0.3 is 4.74 Å². The van der Waals surface area contributed by atoms with Gasteiger partial charge in [0.2, 0.25) is 0 Å². The van der Waals surface area contributed by atoms with Gasteiger partial charge in [-0.15, -0.1) is 0 Å². The first-order valence-corrected chi connectivity index (χ1v) is 8.73. The molecule has 0 radical (unpaired) electrons. The van der Waals surface area contributed by atoms with Crippen LogP contribution in [0.25, 0.3) is 6.08 Å². The molecule has 132 valence electrons. The fourth-order valence-electron chi connectivity index (χ4n) is 3.41. The molecule has 0 bridgehead atoms. The van der Waals surface area contributed by atoms with Crippen LogP contribution in [0.5, 0.6) is 0 Å². The molecule has 1 atom stereocenters. The zero-order valence-electron chi connectivity index (χ0n) is 14.9. The minimum atomic E-state index is -0.332. The van der Waals surface area contributed by atoms with Crippen molar-refractivity contribution in [2.75, 3.05) is 20.2 Å². The Kier molecular flexibility index (Phi) is 5.66. The molecule has 1 saturated heterocycles. The molecular weight excluding hydrogens is 314 g/mol. The van der Waals surface area contributed by atoms with E-state index in [1.54, 1.807) is 6.08 Å². The van der Waals surface area contributed by atoms with Crippen molar-refractivity contribution in [2.45, 2.75) is 25.3 Å². The van der Waals surface area contributed by atoms with Gasteiger partial charge in [0.15, 0.2) is 0 Å². The standard InChI is InChI=1S/C20H25N3O2/c1-22-15-17(14-21-22)11-13-23-12-3-4-19(23)18-8-5-16(6-9-18)7-10-20(24)25-2/h5-10,14-15,19H,3-4,11-13H2,1-2H3/t19-/m0/s1. The lowest BCUT2D eigenvalue weighted by molar-refractivity contribution is -0.134. The third kappa shape index (κ3) is 4.57. The lowest BCUT2D eigenvalue weighted by Gasteiger charge is -2.24. The van der Waals surface area contributed by atoms with Crippen LogP contribution in [-0.4, -0.2) is 40.8 Å². The molecule has 0 spiro atoms. The van der Waals surface area contributed by atoms with Crippen molar-refractivity contribution in [3.05, 3.63) is 59.4 Å². The number of benzene rings is 1. The van der Waals surface area contributed by atoms with Crippen LogP contribution >= 0.6 is 0 Å². The lowest BCUT2D eigenvalue weighted by Crippen LogP contribution is -2.25. The molecule has 25 heavy (non-hydrogen) atoms. The number of likely N-dealkylation sites (tertiary alicyclic amines) is 1. The first kappa shape index (κ1) is 17.4. The minimum absolute atomic E-state index is 0.332. The summed E-state index contributed by atoms with van der Waals surface area (Å²) in [5.41, 5.74) is 3.64. The summed E-state index contributed by atoms with van der Waals surface area (Å²) < 4.78 is 6.48. The van der Waals surface area contributed by atoms with Gasteiger partial charge in [0, 0.05) is 31.9 Å². The predicted octanol–water partition coefficient (Wildman–Crippen LogP) is 2.99. The number of carbonyl (C=O) groups excluding carboxylic acids is 1. The zero-order valence-corrected chi connectivity index (χ0v) is 14.9. The number of hydrogen-bond acceptors (Lipinski definition) is 4. The molecular formula is C20H25N3O2. The van der Waals surface area contributed by atoms with Crippen molar-refractivity contribution in [3.8, 4) is 0 Å². The fraction of sp³-hybridized carbons (Fsp3) is 0.400. The Morgan fingerprint density at radius 2 is 2.16 bits per heavy atom. The Morgan fingerprint density at radius 3 is 2.84 bits per heavy atom. The van der Waals surface area contributed by atoms with Gasteiger partial charge in [-0.25, -0.2) is 4.79 Å². The molecule has 1 fully saturated rings. The first-order chi connectivity index (χ1) is 12.2. The highest BCUT2D eigenvalue weighted by Gasteiger charge is 2.25. The van der Waals surface area contributed by atoms with Crippen molar-refractivity contribution in [1.29, 1.82) is 0 Å². The van der Waals surface area contributed by atoms with E-state index >= 15 is 0 Å². The lowest BCUT2D eigenvalue weighted by atomic mass is 10.0. The van der Waals surface area contributed by atoms with Crippen LogP contribution in [0.2, 0.25) is 0 Å². The Morgan fingerprint density at radius 1 is 1.36 bits per heavy atom. The van der Waals surface area contributed by atoms with Crippen LogP contribution in [-0.2, 0) is 23.0 Å². The van der Waals surface area contributed by atoms with Crippen LogP contribution in [0.15, 0.2) is 42.7 Å². The SMILES string of the molecule is COC(=O)C=Cc1ccc([C@@H]2CCCN2CCc2cnn(C)c2)cc1. The van der Waals surface area contributed by atoms with Gasteiger partial charge in [-0.05, 0) is 48.6 Å². The summed E-state index contributed by atoms with van der Waals surface area (Å²) >= 11 is 0. The number of carbonyl (C=O) groups is 1. The van der Waals surface area contributed by atoms with Gasteiger partial charge in [-0.2, -0.15) is 5.10 Å². The topological polar surface area (TPSA) is 47.4 Å². The molecule has 3 rings (SSSR count). The molecule has 0 aliphatic carbocycles. The molecule has 2 heterocycles. The molecule has 0 saturated carbocycles. The Bertz CT molecular complexity index is 734. The molecule has 2 aromatic rings. The number of hydrogen-bond donors (Lipinski definition) is 0. The maximum Gasteiger partial charge on any atom is 0.330 e. The second-order valence-electron chi connectivity index (χ2n) is 6.49. The minimum Gasteiger partial charge on any atom is -0.466 e. The first-order valence-electron chi connectivity index (χ1n) is 8.73. The third-order valence-electron chi connectivity index (χ3n) is 4.74. The van der Waals surface area contributed by atoms with Crippen LogP contribution in [0.3, 0.4) is 0 Å². The summed E-state index contributed by atoms with van der Waals surface area (Å²) in [5.74, 6) is -0.332. The van der Waals surface area contributed by atoms with Crippen LogP contribution < -0.4 is 0 Å². The Balaban J connectivity index is 1.61. The average molecular weight is 339 g/mol. The Labute approximate surface area is 148 Å². The average Bonchev–Trinajstić information content (AvgIpc) is 3.27. The maximum absolute atomic E-state index is 11.2. The van der Waals surface area contributed by atoms with Crippen molar-refractivity contribution in [1.82, 2.24) is 14.7 Å². The molecule has 1 aromatic carbocycles. The quantitative estimate of drug-likeness (QED) is 0.600. The molecule has 5 nitrogen and oxygen atoms in total. The maximum atomic E-state index is 11.2. The molecule has 0 N–H and O–H groups in total. The van der Waals surface area contributed by atoms with E-state index in [4.69, 9.17) is 0 Å². The van der Waals surface area contributed by atoms with E-state index in [-0.39, 0.29) is 5.97 Å². The molecule has 0 unspecified atom stereocenters. The molecule has 5 heteroatoms. The number of methoxy groups -OCH3 is 1. The van der Waals surface area contributed by atoms with Gasteiger partial charge in [-0.3, -0.25) is 9.58 Å². The summed E-state index contributed by atoms with van der Waals surface area (Å²) in [6.45, 7) is 2.20. The summed E-state index contributed by atoms with van der Waals surface area (Å²) in [6, 6.07) is 8.95. The van der Waals surface area contributed by atoms with E-state index in [2.05, 4.69) is 45.2 Å². The highest BCUT2D eigenvalue weighted by molar-refractivity contribution is 5.86. The van der Waals surface area contributed by atoms with E-state index in [0.717, 1.165) is 25.1 Å². The number of aromatic nitrogens is 2. The van der Waals surface area contributed by atoms with Crippen molar-refractivity contribution in [2.24, 2.45) is 7.05 Å². The Hall–Kier alpha value is -2.40. The molecule has 1 aromatic heterocycles. The number of rotatable bonds is 6.